The van der Waals surface area contributed by atoms with Crippen LogP contribution in [-0.4, -0.2) is 17.0 Å². The molecular weight excluding hydrogens is 186 g/mol. The first-order valence-electron chi connectivity index (χ1n) is 5.92. The van der Waals surface area contributed by atoms with Gasteiger partial charge in [-0.3, -0.25) is 0 Å². The van der Waals surface area contributed by atoms with Crippen molar-refractivity contribution in [1.82, 2.24) is 5.32 Å². The Balaban J connectivity index is 4.69. The molecule has 0 bridgehead atoms. The molecule has 0 aromatic heterocycles. The number of hydrogen-bond donors (Lipinski definition) is 2. The van der Waals surface area contributed by atoms with E-state index in [4.69, 9.17) is 5.73 Å². The second-order valence-corrected chi connectivity index (χ2v) is 5.16. The number of nitrogens with two attached hydrogens (primary N) is 1. The molecule has 3 N–H and O–H groups in total. The Morgan fingerprint density at radius 1 is 1.07 bits per heavy atom. The molecule has 90 valence electrons. The van der Waals surface area contributed by atoms with Crippen LogP contribution in [-0.2, 0) is 0 Å². The van der Waals surface area contributed by atoms with E-state index in [1.54, 1.807) is 0 Å². The maximum Gasteiger partial charge on any atom is 0.189 e. The van der Waals surface area contributed by atoms with E-state index in [0.29, 0.717) is 5.96 Å². The molecule has 0 rings (SSSR count). The molecule has 0 aliphatic carbocycles. The summed E-state index contributed by atoms with van der Waals surface area (Å²) in [4.78, 5) is 4.63. The van der Waals surface area contributed by atoms with E-state index in [1.807, 2.05) is 0 Å². The van der Waals surface area contributed by atoms with Crippen molar-refractivity contribution in [2.24, 2.45) is 10.7 Å². The summed E-state index contributed by atoms with van der Waals surface area (Å²) >= 11 is 0. The fourth-order valence-corrected chi connectivity index (χ4v) is 1.65. The smallest absolute Gasteiger partial charge is 0.189 e. The van der Waals surface area contributed by atoms with Gasteiger partial charge >= 0.3 is 0 Å². The zero-order valence-corrected chi connectivity index (χ0v) is 11.1. The van der Waals surface area contributed by atoms with Crippen molar-refractivity contribution in [1.29, 1.82) is 0 Å². The van der Waals surface area contributed by atoms with Crippen LogP contribution >= 0.6 is 0 Å². The van der Waals surface area contributed by atoms with Gasteiger partial charge in [0.25, 0.3) is 0 Å². The molecule has 0 atom stereocenters. The maximum absolute atomic E-state index is 5.91. The van der Waals surface area contributed by atoms with E-state index >= 15 is 0 Å². The fourth-order valence-electron chi connectivity index (χ4n) is 1.65. The number of guanidine groups is 1. The Hall–Kier alpha value is -0.730. The first kappa shape index (κ1) is 14.3. The molecule has 0 aliphatic rings. The van der Waals surface area contributed by atoms with Gasteiger partial charge in [-0.2, -0.15) is 0 Å². The molecule has 15 heavy (non-hydrogen) atoms. The van der Waals surface area contributed by atoms with Crippen molar-refractivity contribution in [3.63, 3.8) is 0 Å². The third-order valence-electron chi connectivity index (χ3n) is 2.84. The molecule has 0 fully saturated rings. The quantitative estimate of drug-likeness (QED) is 0.557. The molecule has 0 aliphatic heterocycles. The zero-order chi connectivity index (χ0) is 12.1. The number of rotatable bonds is 4. The highest BCUT2D eigenvalue weighted by atomic mass is 15.1. The van der Waals surface area contributed by atoms with Crippen LogP contribution in [0.25, 0.3) is 0 Å². The van der Waals surface area contributed by atoms with Crippen molar-refractivity contribution < 1.29 is 0 Å². The van der Waals surface area contributed by atoms with Gasteiger partial charge in [0.1, 0.15) is 0 Å². The molecule has 0 heterocycles. The number of aliphatic imine (C=N–C) groups is 1. The predicted octanol–water partition coefficient (Wildman–Crippen LogP) is 2.66. The van der Waals surface area contributed by atoms with E-state index in [0.717, 1.165) is 19.3 Å². The van der Waals surface area contributed by atoms with Gasteiger partial charge in [-0.25, -0.2) is 4.99 Å². The number of nitrogens with zero attached hydrogens (tertiary/aromatic N) is 1. The molecule has 0 unspecified atom stereocenters. The standard InChI is InChI=1S/C12H27N3/c1-7-12(8-2,9-3)15-10(13)14-11(4,5)6/h7-9H2,1-6H3,(H3,13,14,15). The van der Waals surface area contributed by atoms with Gasteiger partial charge in [0.2, 0.25) is 0 Å². The molecule has 0 aromatic carbocycles. The molecule has 0 radical (unpaired) electrons. The van der Waals surface area contributed by atoms with Crippen molar-refractivity contribution in [2.45, 2.75) is 71.9 Å². The third kappa shape index (κ3) is 5.05. The van der Waals surface area contributed by atoms with Crippen LogP contribution < -0.4 is 11.1 Å². The zero-order valence-electron chi connectivity index (χ0n) is 11.1. The summed E-state index contributed by atoms with van der Waals surface area (Å²) in [5, 5.41) is 3.21. The van der Waals surface area contributed by atoms with Gasteiger partial charge in [0.15, 0.2) is 5.96 Å². The minimum absolute atomic E-state index is 0.0162. The molecule has 0 amide bonds. The maximum atomic E-state index is 5.91. The Bertz CT molecular complexity index is 201. The Morgan fingerprint density at radius 3 is 1.73 bits per heavy atom. The highest BCUT2D eigenvalue weighted by Crippen LogP contribution is 2.24. The van der Waals surface area contributed by atoms with E-state index in [1.165, 1.54) is 0 Å². The average molecular weight is 213 g/mol. The van der Waals surface area contributed by atoms with Crippen LogP contribution in [0, 0.1) is 0 Å². The summed E-state index contributed by atoms with van der Waals surface area (Å²) in [6.45, 7) is 12.8. The summed E-state index contributed by atoms with van der Waals surface area (Å²) in [6.07, 6.45) is 3.10. The number of hydrogen-bond acceptors (Lipinski definition) is 1. The molecule has 0 spiro atoms. The first-order valence-corrected chi connectivity index (χ1v) is 5.92. The van der Waals surface area contributed by atoms with Crippen molar-refractivity contribution in [2.75, 3.05) is 0 Å². The molecule has 0 aromatic rings. The lowest BCUT2D eigenvalue weighted by atomic mass is 9.91. The summed E-state index contributed by atoms with van der Waals surface area (Å²) in [5.74, 6) is 0.563. The lowest BCUT2D eigenvalue weighted by Crippen LogP contribution is -2.46. The highest BCUT2D eigenvalue weighted by molar-refractivity contribution is 5.79. The fraction of sp³-hybridized carbons (Fsp3) is 0.917. The van der Waals surface area contributed by atoms with Crippen LogP contribution in [0.15, 0.2) is 4.99 Å². The monoisotopic (exact) mass is 213 g/mol. The minimum Gasteiger partial charge on any atom is -0.370 e. The van der Waals surface area contributed by atoms with Gasteiger partial charge in [0.05, 0.1) is 5.54 Å². The third-order valence-corrected chi connectivity index (χ3v) is 2.84. The molecule has 0 saturated carbocycles. The van der Waals surface area contributed by atoms with Gasteiger partial charge in [-0.15, -0.1) is 0 Å². The van der Waals surface area contributed by atoms with Crippen LogP contribution in [0.1, 0.15) is 60.8 Å². The summed E-state index contributed by atoms with van der Waals surface area (Å²) in [7, 11) is 0. The van der Waals surface area contributed by atoms with E-state index in [9.17, 15) is 0 Å². The van der Waals surface area contributed by atoms with Gasteiger partial charge in [0, 0.05) is 5.54 Å². The van der Waals surface area contributed by atoms with Crippen molar-refractivity contribution in [3.8, 4) is 0 Å². The Labute approximate surface area is 94.5 Å². The Kier molecular flexibility index (Phi) is 5.12. The molecule has 0 saturated heterocycles. The van der Waals surface area contributed by atoms with Gasteiger partial charge in [-0.1, -0.05) is 20.8 Å². The molecule has 3 nitrogen and oxygen atoms in total. The van der Waals surface area contributed by atoms with Gasteiger partial charge < -0.3 is 11.1 Å². The topological polar surface area (TPSA) is 50.4 Å². The van der Waals surface area contributed by atoms with E-state index < -0.39 is 0 Å². The minimum atomic E-state index is -0.0193. The van der Waals surface area contributed by atoms with Crippen molar-refractivity contribution >= 4 is 5.96 Å². The van der Waals surface area contributed by atoms with Gasteiger partial charge in [-0.05, 0) is 40.0 Å². The average Bonchev–Trinajstić information content (AvgIpc) is 2.11. The van der Waals surface area contributed by atoms with Crippen LogP contribution in [0.3, 0.4) is 0 Å². The summed E-state index contributed by atoms with van der Waals surface area (Å²) in [6, 6.07) is 0. The highest BCUT2D eigenvalue weighted by Gasteiger charge is 2.23. The summed E-state index contributed by atoms with van der Waals surface area (Å²) < 4.78 is 0. The molecular formula is C12H27N3. The normalized spacial score (nSPS) is 14.1. The first-order chi connectivity index (χ1) is 6.78. The van der Waals surface area contributed by atoms with Crippen LogP contribution in [0.2, 0.25) is 0 Å². The van der Waals surface area contributed by atoms with Crippen LogP contribution in [0.4, 0.5) is 0 Å². The van der Waals surface area contributed by atoms with E-state index in [-0.39, 0.29) is 11.1 Å². The largest absolute Gasteiger partial charge is 0.370 e. The predicted molar refractivity (Wildman–Crippen MR) is 68.1 cm³/mol. The molecule has 3 heteroatoms. The van der Waals surface area contributed by atoms with Crippen LogP contribution in [0.5, 0.6) is 0 Å². The summed E-state index contributed by atoms with van der Waals surface area (Å²) in [5.41, 5.74) is 5.91. The SMILES string of the molecule is CCC(CC)(CC)N=C(N)NC(C)(C)C. The Morgan fingerprint density at radius 2 is 1.47 bits per heavy atom. The van der Waals surface area contributed by atoms with E-state index in [2.05, 4.69) is 51.9 Å². The lowest BCUT2D eigenvalue weighted by molar-refractivity contribution is 0.381. The number of nitrogens with one attached hydrogen (secondary N) is 1. The van der Waals surface area contributed by atoms with Crippen molar-refractivity contribution in [3.05, 3.63) is 0 Å². The second-order valence-electron chi connectivity index (χ2n) is 5.16. The second kappa shape index (κ2) is 5.38. The lowest BCUT2D eigenvalue weighted by Gasteiger charge is -2.28.